The molecule has 0 aliphatic carbocycles. The SMILES string of the molecule is COc1ccc(CN2C(=O)[C@@H]3[C@H](CC(N)=O)N[C@]4(C(=O)Nc5c(Cl)cccc54)[C@@H]3C2=O)cc1. The number of carbonyl (C=O) groups is 4. The second-order valence-electron chi connectivity index (χ2n) is 8.46. The van der Waals surface area contributed by atoms with Gasteiger partial charge in [-0.2, -0.15) is 0 Å². The Labute approximate surface area is 194 Å². The molecule has 0 unspecified atom stereocenters. The number of fused-ring (bicyclic) bond motifs is 4. The molecule has 3 heterocycles. The van der Waals surface area contributed by atoms with Gasteiger partial charge in [0.05, 0.1) is 36.2 Å². The van der Waals surface area contributed by atoms with Crippen molar-refractivity contribution in [3.8, 4) is 5.75 Å². The van der Waals surface area contributed by atoms with E-state index >= 15 is 0 Å². The molecule has 3 aliphatic heterocycles. The number of carbonyl (C=O) groups excluding carboxylic acids is 4. The number of hydrogen-bond acceptors (Lipinski definition) is 6. The van der Waals surface area contributed by atoms with Crippen molar-refractivity contribution in [2.24, 2.45) is 17.6 Å². The number of halogens is 1. The fourth-order valence-corrected chi connectivity index (χ4v) is 5.54. The molecule has 9 nitrogen and oxygen atoms in total. The molecule has 2 aromatic carbocycles. The maximum Gasteiger partial charge on any atom is 0.250 e. The summed E-state index contributed by atoms with van der Waals surface area (Å²) in [6.45, 7) is 0.0397. The van der Waals surface area contributed by atoms with E-state index in [1.54, 1.807) is 49.6 Å². The first-order chi connectivity index (χ1) is 15.8. The Morgan fingerprint density at radius 1 is 1.15 bits per heavy atom. The van der Waals surface area contributed by atoms with E-state index in [2.05, 4.69) is 10.6 Å². The van der Waals surface area contributed by atoms with E-state index in [0.29, 0.717) is 22.0 Å². The zero-order valence-corrected chi connectivity index (χ0v) is 18.4. The maximum absolute atomic E-state index is 13.7. The molecule has 4 N–H and O–H groups in total. The number of para-hydroxylation sites is 1. The second kappa shape index (κ2) is 7.57. The molecule has 1 spiro atoms. The predicted molar refractivity (Wildman–Crippen MR) is 118 cm³/mol. The summed E-state index contributed by atoms with van der Waals surface area (Å²) in [7, 11) is 1.55. The number of likely N-dealkylation sites (tertiary alicyclic amines) is 1. The summed E-state index contributed by atoms with van der Waals surface area (Å²) in [6.07, 6.45) is -0.193. The minimum Gasteiger partial charge on any atom is -0.497 e. The van der Waals surface area contributed by atoms with E-state index in [1.165, 1.54) is 0 Å². The molecule has 10 heteroatoms. The van der Waals surface area contributed by atoms with Crippen LogP contribution in [-0.4, -0.2) is 41.7 Å². The van der Waals surface area contributed by atoms with Gasteiger partial charge in [-0.1, -0.05) is 35.9 Å². The topological polar surface area (TPSA) is 131 Å². The number of anilines is 1. The van der Waals surface area contributed by atoms with Crippen LogP contribution in [0.15, 0.2) is 42.5 Å². The highest BCUT2D eigenvalue weighted by molar-refractivity contribution is 6.35. The number of amides is 4. The number of methoxy groups -OCH3 is 1. The lowest BCUT2D eigenvalue weighted by molar-refractivity contribution is -0.143. The van der Waals surface area contributed by atoms with E-state index in [0.717, 1.165) is 10.5 Å². The van der Waals surface area contributed by atoms with Crippen LogP contribution < -0.4 is 21.1 Å². The highest BCUT2D eigenvalue weighted by Crippen LogP contribution is 2.54. The molecule has 0 bridgehead atoms. The fourth-order valence-electron chi connectivity index (χ4n) is 5.31. The van der Waals surface area contributed by atoms with Gasteiger partial charge < -0.3 is 15.8 Å². The normalized spacial score (nSPS) is 27.6. The number of hydrogen-bond donors (Lipinski definition) is 3. The van der Waals surface area contributed by atoms with E-state index in [9.17, 15) is 19.2 Å². The lowest BCUT2D eigenvalue weighted by Crippen LogP contribution is -2.53. The van der Waals surface area contributed by atoms with Gasteiger partial charge in [0, 0.05) is 18.0 Å². The van der Waals surface area contributed by atoms with Gasteiger partial charge in [-0.25, -0.2) is 0 Å². The molecule has 0 radical (unpaired) electrons. The van der Waals surface area contributed by atoms with Gasteiger partial charge in [0.2, 0.25) is 23.6 Å². The van der Waals surface area contributed by atoms with Gasteiger partial charge in [0.15, 0.2) is 0 Å². The van der Waals surface area contributed by atoms with Crippen molar-refractivity contribution in [1.82, 2.24) is 10.2 Å². The van der Waals surface area contributed by atoms with Gasteiger partial charge in [0.1, 0.15) is 11.3 Å². The summed E-state index contributed by atoms with van der Waals surface area (Å²) in [5, 5.41) is 6.21. The minimum absolute atomic E-state index is 0.0397. The Hall–Kier alpha value is -3.43. The van der Waals surface area contributed by atoms with Crippen LogP contribution in [0.5, 0.6) is 5.75 Å². The Kier molecular flexibility index (Phi) is 4.91. The van der Waals surface area contributed by atoms with Gasteiger partial charge in [0.25, 0.3) is 0 Å². The summed E-state index contributed by atoms with van der Waals surface area (Å²) >= 11 is 6.30. The van der Waals surface area contributed by atoms with Crippen molar-refractivity contribution in [1.29, 1.82) is 0 Å². The predicted octanol–water partition coefficient (Wildman–Crippen LogP) is 1.14. The van der Waals surface area contributed by atoms with Crippen molar-refractivity contribution in [3.63, 3.8) is 0 Å². The zero-order valence-electron chi connectivity index (χ0n) is 17.6. The third kappa shape index (κ3) is 3.03. The second-order valence-corrected chi connectivity index (χ2v) is 8.87. The number of imide groups is 1. The number of ether oxygens (including phenoxy) is 1. The Morgan fingerprint density at radius 3 is 2.55 bits per heavy atom. The van der Waals surface area contributed by atoms with Crippen LogP contribution in [0.4, 0.5) is 5.69 Å². The van der Waals surface area contributed by atoms with Gasteiger partial charge >= 0.3 is 0 Å². The maximum atomic E-state index is 13.7. The number of primary amides is 1. The largest absolute Gasteiger partial charge is 0.497 e. The van der Waals surface area contributed by atoms with Crippen molar-refractivity contribution < 1.29 is 23.9 Å². The first-order valence-corrected chi connectivity index (χ1v) is 10.8. The van der Waals surface area contributed by atoms with Crippen molar-refractivity contribution >= 4 is 40.9 Å². The summed E-state index contributed by atoms with van der Waals surface area (Å²) in [5.41, 5.74) is 5.52. The molecule has 0 aromatic heterocycles. The third-order valence-corrected chi connectivity index (χ3v) is 7.03. The van der Waals surface area contributed by atoms with Crippen LogP contribution in [0.25, 0.3) is 0 Å². The number of rotatable bonds is 5. The molecule has 33 heavy (non-hydrogen) atoms. The average Bonchev–Trinajstić information content (AvgIpc) is 3.35. The summed E-state index contributed by atoms with van der Waals surface area (Å²) < 4.78 is 5.16. The quantitative estimate of drug-likeness (QED) is 0.564. The van der Waals surface area contributed by atoms with E-state index in [4.69, 9.17) is 22.1 Å². The molecule has 5 rings (SSSR count). The summed E-state index contributed by atoms with van der Waals surface area (Å²) in [4.78, 5) is 53.4. The van der Waals surface area contributed by atoms with Crippen LogP contribution in [0.2, 0.25) is 5.02 Å². The standard InChI is InChI=1S/C23H21ClN4O5/c1-33-12-7-5-11(6-8-12)10-28-20(30)17-15(9-16(25)29)27-23(18(17)21(28)31)13-3-2-4-14(24)19(13)26-22(23)32/h2-8,15,17-18,27H,9-10H2,1H3,(H2,25,29)(H,26,32)/t15-,17+,18-,23-/m0/s1. The van der Waals surface area contributed by atoms with Crippen LogP contribution in [0.3, 0.4) is 0 Å². The molecule has 4 amide bonds. The van der Waals surface area contributed by atoms with Crippen molar-refractivity contribution in [3.05, 3.63) is 58.6 Å². The lowest BCUT2D eigenvalue weighted by Gasteiger charge is -2.29. The third-order valence-electron chi connectivity index (χ3n) is 6.71. The molecule has 0 saturated carbocycles. The Morgan fingerprint density at radius 2 is 1.88 bits per heavy atom. The van der Waals surface area contributed by atoms with Crippen LogP contribution in [0, 0.1) is 11.8 Å². The van der Waals surface area contributed by atoms with Crippen LogP contribution >= 0.6 is 11.6 Å². The average molecular weight is 469 g/mol. The monoisotopic (exact) mass is 468 g/mol. The number of benzene rings is 2. The molecule has 2 aromatic rings. The number of nitrogens with two attached hydrogens (primary N) is 1. The highest BCUT2D eigenvalue weighted by Gasteiger charge is 2.70. The highest BCUT2D eigenvalue weighted by atomic mass is 35.5. The van der Waals surface area contributed by atoms with E-state index in [-0.39, 0.29) is 13.0 Å². The van der Waals surface area contributed by atoms with Crippen LogP contribution in [0.1, 0.15) is 17.5 Å². The smallest absolute Gasteiger partial charge is 0.250 e. The van der Waals surface area contributed by atoms with E-state index in [1.807, 2.05) is 0 Å². The Balaban J connectivity index is 1.58. The summed E-state index contributed by atoms with van der Waals surface area (Å²) in [6, 6.07) is 11.2. The molecular weight excluding hydrogens is 448 g/mol. The fraction of sp³-hybridized carbons (Fsp3) is 0.304. The molecule has 2 fully saturated rings. The first-order valence-electron chi connectivity index (χ1n) is 10.4. The van der Waals surface area contributed by atoms with Crippen LogP contribution in [-0.2, 0) is 31.3 Å². The molecule has 3 aliphatic rings. The minimum atomic E-state index is -1.52. The lowest BCUT2D eigenvalue weighted by atomic mass is 9.76. The molecule has 4 atom stereocenters. The van der Waals surface area contributed by atoms with Crippen molar-refractivity contribution in [2.75, 3.05) is 12.4 Å². The summed E-state index contributed by atoms with van der Waals surface area (Å²) in [5.74, 6) is -3.35. The number of nitrogens with one attached hydrogen (secondary N) is 2. The molecular formula is C23H21ClN4O5. The molecule has 2 saturated heterocycles. The van der Waals surface area contributed by atoms with Gasteiger partial charge in [-0.15, -0.1) is 0 Å². The Bertz CT molecular complexity index is 1200. The zero-order chi connectivity index (χ0) is 23.5. The first kappa shape index (κ1) is 21.4. The van der Waals surface area contributed by atoms with Crippen molar-refractivity contribution in [2.45, 2.75) is 24.5 Å². The number of nitrogens with zero attached hydrogens (tertiary/aromatic N) is 1. The van der Waals surface area contributed by atoms with Gasteiger partial charge in [-0.3, -0.25) is 29.4 Å². The van der Waals surface area contributed by atoms with E-state index < -0.39 is 47.0 Å². The molecule has 170 valence electrons. The van der Waals surface area contributed by atoms with Gasteiger partial charge in [-0.05, 0) is 23.8 Å².